The lowest BCUT2D eigenvalue weighted by molar-refractivity contribution is -0.121. The fraction of sp³-hybridized carbons (Fsp3) is 0.889. The van der Waals surface area contributed by atoms with Gasteiger partial charge in [-0.15, -0.1) is 0 Å². The van der Waals surface area contributed by atoms with Gasteiger partial charge in [-0.2, -0.15) is 0 Å². The Morgan fingerprint density at radius 2 is 1.92 bits per heavy atom. The van der Waals surface area contributed by atoms with Gasteiger partial charge in [0.15, 0.2) is 0 Å². The molecule has 0 saturated heterocycles. The number of rotatable bonds is 2. The summed E-state index contributed by atoms with van der Waals surface area (Å²) in [4.78, 5) is 11.0. The zero-order valence-corrected chi connectivity index (χ0v) is 7.23. The molecule has 1 amide bonds. The summed E-state index contributed by atoms with van der Waals surface area (Å²) in [6, 6.07) is 0.483. The topological polar surface area (TPSA) is 29.1 Å². The average molecular weight is 182 g/mol. The molecule has 1 rings (SSSR count). The van der Waals surface area contributed by atoms with Crippen molar-refractivity contribution in [1.29, 1.82) is 0 Å². The molecule has 0 heterocycles. The standard InChI is InChI=1S/C9H17NO.Mg.2H/c1-2-9(11)10-8-6-4-3-5-7-8;;;/h8H,2-7H2,1H3,(H,10,11);;;. The first-order valence-electron chi connectivity index (χ1n) is 4.62. The van der Waals surface area contributed by atoms with Crippen LogP contribution >= 0.6 is 0 Å². The molecule has 0 aliphatic heterocycles. The van der Waals surface area contributed by atoms with E-state index in [1.165, 1.54) is 32.1 Å². The minimum atomic E-state index is 0. The Morgan fingerprint density at radius 1 is 1.33 bits per heavy atom. The molecule has 1 fully saturated rings. The van der Waals surface area contributed by atoms with E-state index in [-0.39, 0.29) is 29.0 Å². The Balaban J connectivity index is 0.00000121. The molecule has 68 valence electrons. The first kappa shape index (κ1) is 12.2. The van der Waals surface area contributed by atoms with Gasteiger partial charge in [0.1, 0.15) is 0 Å². The third-order valence-electron chi connectivity index (χ3n) is 2.29. The number of hydrogen-bond acceptors (Lipinski definition) is 1. The van der Waals surface area contributed by atoms with E-state index >= 15 is 0 Å². The molecule has 0 aromatic rings. The van der Waals surface area contributed by atoms with Gasteiger partial charge in [0, 0.05) is 12.5 Å². The Labute approximate surface area is 90.6 Å². The van der Waals surface area contributed by atoms with Gasteiger partial charge in [0.05, 0.1) is 0 Å². The van der Waals surface area contributed by atoms with Gasteiger partial charge in [-0.1, -0.05) is 26.2 Å². The summed E-state index contributed by atoms with van der Waals surface area (Å²) in [6.07, 6.45) is 6.91. The Kier molecular flexibility index (Phi) is 6.85. The molecule has 0 aromatic carbocycles. The summed E-state index contributed by atoms with van der Waals surface area (Å²) in [5, 5.41) is 3.03. The molecule has 0 atom stereocenters. The van der Waals surface area contributed by atoms with E-state index < -0.39 is 0 Å². The first-order valence-corrected chi connectivity index (χ1v) is 4.62. The van der Waals surface area contributed by atoms with E-state index in [4.69, 9.17) is 0 Å². The molecule has 0 aromatic heterocycles. The van der Waals surface area contributed by atoms with Crippen molar-refractivity contribution in [3.63, 3.8) is 0 Å². The predicted molar refractivity (Wildman–Crippen MR) is 53.9 cm³/mol. The molecular weight excluding hydrogens is 162 g/mol. The van der Waals surface area contributed by atoms with Crippen LogP contribution < -0.4 is 5.32 Å². The van der Waals surface area contributed by atoms with Crippen LogP contribution in [-0.2, 0) is 4.79 Å². The third-order valence-corrected chi connectivity index (χ3v) is 2.29. The highest BCUT2D eigenvalue weighted by Crippen LogP contribution is 2.17. The minimum absolute atomic E-state index is 0. The summed E-state index contributed by atoms with van der Waals surface area (Å²) >= 11 is 0. The summed E-state index contributed by atoms with van der Waals surface area (Å²) < 4.78 is 0. The maximum absolute atomic E-state index is 11.0. The summed E-state index contributed by atoms with van der Waals surface area (Å²) in [5.74, 6) is 0.205. The van der Waals surface area contributed by atoms with Crippen molar-refractivity contribution < 1.29 is 4.79 Å². The van der Waals surface area contributed by atoms with Crippen molar-refractivity contribution in [2.45, 2.75) is 51.5 Å². The maximum Gasteiger partial charge on any atom is 0.316 e. The van der Waals surface area contributed by atoms with Crippen molar-refractivity contribution in [1.82, 2.24) is 5.32 Å². The van der Waals surface area contributed by atoms with Crippen LogP contribution in [0.3, 0.4) is 0 Å². The Bertz CT molecular complexity index is 132. The molecule has 0 spiro atoms. The maximum atomic E-state index is 11.0. The Hall–Kier alpha value is 0.236. The second kappa shape index (κ2) is 6.72. The van der Waals surface area contributed by atoms with Crippen LogP contribution in [-0.4, -0.2) is 35.0 Å². The lowest BCUT2D eigenvalue weighted by atomic mass is 9.95. The third kappa shape index (κ3) is 4.31. The summed E-state index contributed by atoms with van der Waals surface area (Å²) in [6.45, 7) is 1.90. The van der Waals surface area contributed by atoms with Crippen molar-refractivity contribution in [2.24, 2.45) is 0 Å². The van der Waals surface area contributed by atoms with Crippen molar-refractivity contribution in [3.8, 4) is 0 Å². The van der Waals surface area contributed by atoms with E-state index in [0.717, 1.165) is 0 Å². The van der Waals surface area contributed by atoms with Crippen molar-refractivity contribution in [2.75, 3.05) is 0 Å². The fourth-order valence-electron chi connectivity index (χ4n) is 1.58. The number of carbonyl (C=O) groups is 1. The van der Waals surface area contributed by atoms with E-state index in [2.05, 4.69) is 5.32 Å². The van der Waals surface area contributed by atoms with Gasteiger partial charge in [0.2, 0.25) is 5.91 Å². The molecule has 1 saturated carbocycles. The second-order valence-electron chi connectivity index (χ2n) is 3.26. The summed E-state index contributed by atoms with van der Waals surface area (Å²) in [5.41, 5.74) is 0. The molecule has 12 heavy (non-hydrogen) atoms. The second-order valence-corrected chi connectivity index (χ2v) is 3.26. The lowest BCUT2D eigenvalue weighted by Gasteiger charge is -2.22. The lowest BCUT2D eigenvalue weighted by Crippen LogP contribution is -2.35. The zero-order chi connectivity index (χ0) is 8.10. The van der Waals surface area contributed by atoms with Gasteiger partial charge in [-0.3, -0.25) is 4.79 Å². The molecule has 3 heteroatoms. The fourth-order valence-corrected chi connectivity index (χ4v) is 1.58. The summed E-state index contributed by atoms with van der Waals surface area (Å²) in [7, 11) is 0. The van der Waals surface area contributed by atoms with Crippen LogP contribution in [0.25, 0.3) is 0 Å². The van der Waals surface area contributed by atoms with Gasteiger partial charge >= 0.3 is 23.1 Å². The molecule has 1 aliphatic rings. The highest BCUT2D eigenvalue weighted by Gasteiger charge is 2.13. The monoisotopic (exact) mass is 181 g/mol. The zero-order valence-electron chi connectivity index (χ0n) is 7.23. The van der Waals surface area contributed by atoms with E-state index in [9.17, 15) is 4.79 Å². The Morgan fingerprint density at radius 3 is 2.42 bits per heavy atom. The normalized spacial score (nSPS) is 18.1. The van der Waals surface area contributed by atoms with E-state index in [1.807, 2.05) is 6.92 Å². The van der Waals surface area contributed by atoms with E-state index in [0.29, 0.717) is 12.5 Å². The molecule has 1 N–H and O–H groups in total. The molecule has 0 bridgehead atoms. The van der Waals surface area contributed by atoms with Gasteiger partial charge in [-0.25, -0.2) is 0 Å². The van der Waals surface area contributed by atoms with Crippen LogP contribution in [0.4, 0.5) is 0 Å². The van der Waals surface area contributed by atoms with Gasteiger partial charge < -0.3 is 5.32 Å². The van der Waals surface area contributed by atoms with Crippen LogP contribution in [0.15, 0.2) is 0 Å². The van der Waals surface area contributed by atoms with E-state index in [1.54, 1.807) is 0 Å². The smallest absolute Gasteiger partial charge is 0.316 e. The van der Waals surface area contributed by atoms with Gasteiger partial charge in [0.25, 0.3) is 0 Å². The van der Waals surface area contributed by atoms with Crippen LogP contribution in [0.5, 0.6) is 0 Å². The highest BCUT2D eigenvalue weighted by atomic mass is 24.3. The van der Waals surface area contributed by atoms with Crippen molar-refractivity contribution in [3.05, 3.63) is 0 Å². The first-order chi connectivity index (χ1) is 5.33. The highest BCUT2D eigenvalue weighted by molar-refractivity contribution is 5.76. The number of carbonyl (C=O) groups excluding carboxylic acids is 1. The molecule has 2 nitrogen and oxygen atoms in total. The quantitative estimate of drug-likeness (QED) is 0.631. The van der Waals surface area contributed by atoms with Crippen LogP contribution in [0.1, 0.15) is 45.4 Å². The largest absolute Gasteiger partial charge is 0.353 e. The molecular formula is C9H19MgNO. The number of amides is 1. The molecule has 1 aliphatic carbocycles. The number of hydrogen-bond donors (Lipinski definition) is 1. The SMILES string of the molecule is CCC(=O)NC1CCCCC1.[MgH2]. The average Bonchev–Trinajstić information content (AvgIpc) is 2.06. The minimum Gasteiger partial charge on any atom is -0.353 e. The predicted octanol–water partition coefficient (Wildman–Crippen LogP) is 0.929. The number of nitrogens with one attached hydrogen (secondary N) is 1. The molecule has 0 radical (unpaired) electrons. The molecule has 0 unspecified atom stereocenters. The van der Waals surface area contributed by atoms with Crippen LogP contribution in [0, 0.1) is 0 Å². The van der Waals surface area contributed by atoms with Gasteiger partial charge in [-0.05, 0) is 12.8 Å². The van der Waals surface area contributed by atoms with Crippen molar-refractivity contribution >= 4 is 29.0 Å². The van der Waals surface area contributed by atoms with Crippen LogP contribution in [0.2, 0.25) is 0 Å².